The maximum Gasteiger partial charge on any atom is 0.244 e. The first-order chi connectivity index (χ1) is 14.3. The minimum absolute atomic E-state index is 0.0274. The molecule has 0 aromatic heterocycles. The van der Waals surface area contributed by atoms with Gasteiger partial charge in [-0.1, -0.05) is 48.7 Å². The van der Waals surface area contributed by atoms with Crippen molar-refractivity contribution in [2.75, 3.05) is 18.4 Å². The molecule has 30 heavy (non-hydrogen) atoms. The van der Waals surface area contributed by atoms with E-state index in [2.05, 4.69) is 12.2 Å². The number of hydrogen-bond donors (Lipinski definition) is 1. The maximum absolute atomic E-state index is 13.1. The van der Waals surface area contributed by atoms with Gasteiger partial charge < -0.3 is 5.32 Å². The lowest BCUT2D eigenvalue weighted by Gasteiger charge is -2.31. The fourth-order valence-corrected chi connectivity index (χ4v) is 5.83. The minimum atomic E-state index is -3.83. The highest BCUT2D eigenvalue weighted by Crippen LogP contribution is 2.30. The highest BCUT2D eigenvalue weighted by atomic mass is 35.5. The van der Waals surface area contributed by atoms with Crippen molar-refractivity contribution >= 4 is 44.8 Å². The molecule has 1 N–H and O–H groups in total. The zero-order valence-electron chi connectivity index (χ0n) is 16.9. The van der Waals surface area contributed by atoms with Gasteiger partial charge in [0.05, 0.1) is 10.9 Å². The van der Waals surface area contributed by atoms with Crippen LogP contribution in [-0.2, 0) is 21.2 Å². The van der Waals surface area contributed by atoms with Crippen molar-refractivity contribution in [2.45, 2.75) is 43.9 Å². The standard InChI is InChI=1S/C22H26Cl2N2O3S/c1-2-3-5-16-7-10-19(11-8-16)25-22(27)17-6-4-13-26(15-17)30(28,29)21-14-18(23)9-12-20(21)24/h7-12,14,17H,2-6,13,15H2,1H3,(H,25,27)/t17-/m0/s1. The highest BCUT2D eigenvalue weighted by molar-refractivity contribution is 7.89. The monoisotopic (exact) mass is 468 g/mol. The highest BCUT2D eigenvalue weighted by Gasteiger charge is 2.34. The average molecular weight is 469 g/mol. The largest absolute Gasteiger partial charge is 0.326 e. The van der Waals surface area contributed by atoms with Crippen LogP contribution in [0.15, 0.2) is 47.4 Å². The topological polar surface area (TPSA) is 66.5 Å². The van der Waals surface area contributed by atoms with Crippen LogP contribution in [0, 0.1) is 5.92 Å². The first kappa shape index (κ1) is 23.1. The molecule has 1 saturated heterocycles. The van der Waals surface area contributed by atoms with Crippen molar-refractivity contribution in [3.05, 3.63) is 58.1 Å². The molecule has 0 aliphatic carbocycles. The summed E-state index contributed by atoms with van der Waals surface area (Å²) >= 11 is 12.1. The molecule has 3 rings (SSSR count). The van der Waals surface area contributed by atoms with Crippen LogP contribution in [0.25, 0.3) is 0 Å². The SMILES string of the molecule is CCCCc1ccc(NC(=O)[C@H]2CCCN(S(=O)(=O)c3cc(Cl)ccc3Cl)C2)cc1. The summed E-state index contributed by atoms with van der Waals surface area (Å²) in [6, 6.07) is 12.2. The molecular formula is C22H26Cl2N2O3S. The van der Waals surface area contributed by atoms with E-state index < -0.39 is 15.9 Å². The molecule has 0 radical (unpaired) electrons. The van der Waals surface area contributed by atoms with Gasteiger partial charge in [0.25, 0.3) is 0 Å². The number of carbonyl (C=O) groups is 1. The van der Waals surface area contributed by atoms with E-state index in [4.69, 9.17) is 23.2 Å². The molecule has 1 aliphatic heterocycles. The molecule has 1 fully saturated rings. The second-order valence-electron chi connectivity index (χ2n) is 7.57. The number of nitrogens with zero attached hydrogens (tertiary/aromatic N) is 1. The Hall–Kier alpha value is -1.60. The van der Waals surface area contributed by atoms with Gasteiger partial charge in [0.1, 0.15) is 4.90 Å². The number of benzene rings is 2. The molecule has 5 nitrogen and oxygen atoms in total. The molecule has 0 bridgehead atoms. The normalized spacial score (nSPS) is 17.6. The van der Waals surface area contributed by atoms with Gasteiger partial charge in [-0.3, -0.25) is 4.79 Å². The van der Waals surface area contributed by atoms with Gasteiger partial charge >= 0.3 is 0 Å². The number of halogens is 2. The van der Waals surface area contributed by atoms with E-state index in [1.807, 2.05) is 24.3 Å². The number of unbranched alkanes of at least 4 members (excludes halogenated alkanes) is 1. The zero-order valence-corrected chi connectivity index (χ0v) is 19.2. The second-order valence-corrected chi connectivity index (χ2v) is 10.3. The number of amides is 1. The number of rotatable bonds is 7. The molecule has 1 atom stereocenters. The van der Waals surface area contributed by atoms with E-state index >= 15 is 0 Å². The summed E-state index contributed by atoms with van der Waals surface area (Å²) in [5.74, 6) is -0.598. The molecule has 0 unspecified atom stereocenters. The van der Waals surface area contributed by atoms with Crippen molar-refractivity contribution in [1.82, 2.24) is 4.31 Å². The van der Waals surface area contributed by atoms with Crippen LogP contribution >= 0.6 is 23.2 Å². The average Bonchev–Trinajstić information content (AvgIpc) is 2.75. The van der Waals surface area contributed by atoms with E-state index in [1.165, 1.54) is 22.0 Å². The Labute approximate surface area is 188 Å². The summed E-state index contributed by atoms with van der Waals surface area (Å²) in [4.78, 5) is 12.7. The maximum atomic E-state index is 13.1. The summed E-state index contributed by atoms with van der Waals surface area (Å²) in [5, 5.41) is 3.34. The van der Waals surface area contributed by atoms with Gasteiger partial charge in [0.15, 0.2) is 0 Å². The van der Waals surface area contributed by atoms with Gasteiger partial charge in [-0.25, -0.2) is 8.42 Å². The van der Waals surface area contributed by atoms with Crippen molar-refractivity contribution in [1.29, 1.82) is 0 Å². The smallest absolute Gasteiger partial charge is 0.244 e. The zero-order chi connectivity index (χ0) is 21.7. The first-order valence-electron chi connectivity index (χ1n) is 10.2. The van der Waals surface area contributed by atoms with Gasteiger partial charge in [-0.05, 0) is 61.6 Å². The summed E-state index contributed by atoms with van der Waals surface area (Å²) in [6.07, 6.45) is 4.53. The fraction of sp³-hybridized carbons (Fsp3) is 0.409. The molecule has 2 aromatic carbocycles. The lowest BCUT2D eigenvalue weighted by Crippen LogP contribution is -2.43. The summed E-state index contributed by atoms with van der Waals surface area (Å²) in [5.41, 5.74) is 1.96. The molecule has 2 aromatic rings. The predicted octanol–water partition coefficient (Wildman–Crippen LogP) is 5.38. The molecule has 0 saturated carbocycles. The van der Waals surface area contributed by atoms with Crippen molar-refractivity contribution < 1.29 is 13.2 Å². The Bertz CT molecular complexity index is 994. The summed E-state index contributed by atoms with van der Waals surface area (Å²) in [6.45, 7) is 2.62. The van der Waals surface area contributed by atoms with E-state index in [1.54, 1.807) is 6.07 Å². The Balaban J connectivity index is 1.68. The van der Waals surface area contributed by atoms with Crippen LogP contribution in [0.5, 0.6) is 0 Å². The Morgan fingerprint density at radius 2 is 1.90 bits per heavy atom. The van der Waals surface area contributed by atoms with Crippen molar-refractivity contribution in [3.8, 4) is 0 Å². The quantitative estimate of drug-likeness (QED) is 0.593. The molecule has 8 heteroatoms. The van der Waals surface area contributed by atoms with Gasteiger partial charge in [-0.15, -0.1) is 0 Å². The number of piperidine rings is 1. The Kier molecular flexibility index (Phi) is 7.80. The van der Waals surface area contributed by atoms with Crippen molar-refractivity contribution in [3.63, 3.8) is 0 Å². The van der Waals surface area contributed by atoms with Crippen LogP contribution < -0.4 is 5.32 Å². The third-order valence-corrected chi connectivity index (χ3v) is 7.89. The molecule has 1 heterocycles. The third kappa shape index (κ3) is 5.55. The number of sulfonamides is 1. The van der Waals surface area contributed by atoms with Crippen LogP contribution in [0.2, 0.25) is 10.0 Å². The predicted molar refractivity (Wildman–Crippen MR) is 122 cm³/mol. The van der Waals surface area contributed by atoms with Gasteiger partial charge in [0.2, 0.25) is 15.9 Å². The van der Waals surface area contributed by atoms with Crippen LogP contribution in [0.3, 0.4) is 0 Å². The molecule has 0 spiro atoms. The summed E-state index contributed by atoms with van der Waals surface area (Å²) < 4.78 is 27.4. The molecular weight excluding hydrogens is 443 g/mol. The van der Waals surface area contributed by atoms with Crippen LogP contribution in [0.4, 0.5) is 5.69 Å². The number of hydrogen-bond acceptors (Lipinski definition) is 3. The van der Waals surface area contributed by atoms with E-state index in [0.29, 0.717) is 24.4 Å². The Morgan fingerprint density at radius 3 is 2.60 bits per heavy atom. The van der Waals surface area contributed by atoms with E-state index in [-0.39, 0.29) is 22.4 Å². The molecule has 162 valence electrons. The molecule has 1 aliphatic rings. The van der Waals surface area contributed by atoms with E-state index in [0.717, 1.165) is 24.9 Å². The van der Waals surface area contributed by atoms with Crippen LogP contribution in [-0.4, -0.2) is 31.7 Å². The van der Waals surface area contributed by atoms with Gasteiger partial charge in [-0.2, -0.15) is 4.31 Å². The number of nitrogens with one attached hydrogen (secondary N) is 1. The lowest BCUT2D eigenvalue weighted by molar-refractivity contribution is -0.120. The van der Waals surface area contributed by atoms with Crippen molar-refractivity contribution in [2.24, 2.45) is 5.92 Å². The number of anilines is 1. The first-order valence-corrected chi connectivity index (χ1v) is 12.4. The Morgan fingerprint density at radius 1 is 1.17 bits per heavy atom. The summed E-state index contributed by atoms with van der Waals surface area (Å²) in [7, 11) is -3.83. The fourth-order valence-electron chi connectivity index (χ4n) is 3.57. The third-order valence-electron chi connectivity index (χ3n) is 5.31. The minimum Gasteiger partial charge on any atom is -0.326 e. The molecule has 1 amide bonds. The van der Waals surface area contributed by atoms with E-state index in [9.17, 15) is 13.2 Å². The number of carbonyl (C=O) groups excluding carboxylic acids is 1. The van der Waals surface area contributed by atoms with Gasteiger partial charge in [0, 0.05) is 23.8 Å². The lowest BCUT2D eigenvalue weighted by atomic mass is 9.98. The van der Waals surface area contributed by atoms with Crippen LogP contribution in [0.1, 0.15) is 38.2 Å². The second kappa shape index (κ2) is 10.1. The number of aryl methyl sites for hydroxylation is 1.